The number of pyridine rings is 1. The highest BCUT2D eigenvalue weighted by atomic mass is 35.5. The molecule has 0 bridgehead atoms. The molecule has 1 aromatic carbocycles. The van der Waals surface area contributed by atoms with E-state index < -0.39 is 0 Å². The van der Waals surface area contributed by atoms with Crippen molar-refractivity contribution >= 4 is 34.8 Å². The Morgan fingerprint density at radius 2 is 1.67 bits per heavy atom. The summed E-state index contributed by atoms with van der Waals surface area (Å²) in [6.45, 7) is 1.98. The highest BCUT2D eigenvalue weighted by Crippen LogP contribution is 2.16. The van der Waals surface area contributed by atoms with E-state index in [1.807, 2.05) is 31.2 Å². The van der Waals surface area contributed by atoms with E-state index in [9.17, 15) is 4.79 Å². The van der Waals surface area contributed by atoms with Crippen LogP contribution in [0.3, 0.4) is 0 Å². The molecular weight excluding hydrogens is 271 g/mol. The molecular formula is C13H10Cl2N2O. The van der Waals surface area contributed by atoms with E-state index >= 15 is 0 Å². The van der Waals surface area contributed by atoms with Gasteiger partial charge in [0.25, 0.3) is 5.91 Å². The van der Waals surface area contributed by atoms with Crippen LogP contribution in [0.2, 0.25) is 10.3 Å². The van der Waals surface area contributed by atoms with Gasteiger partial charge in [0.05, 0.1) is 0 Å². The molecule has 2 rings (SSSR count). The molecule has 0 fully saturated rings. The van der Waals surface area contributed by atoms with E-state index in [2.05, 4.69) is 10.3 Å². The van der Waals surface area contributed by atoms with Gasteiger partial charge in [-0.05, 0) is 31.2 Å². The third-order valence-corrected chi connectivity index (χ3v) is 2.72. The summed E-state index contributed by atoms with van der Waals surface area (Å²) in [6.07, 6.45) is 0. The number of carbonyl (C=O) groups is 1. The molecule has 0 aliphatic heterocycles. The highest BCUT2D eigenvalue weighted by Gasteiger charge is 2.08. The summed E-state index contributed by atoms with van der Waals surface area (Å²) >= 11 is 11.5. The van der Waals surface area contributed by atoms with Crippen LogP contribution in [0, 0.1) is 6.92 Å². The van der Waals surface area contributed by atoms with Crippen LogP contribution in [0.1, 0.15) is 15.9 Å². The molecule has 0 radical (unpaired) electrons. The molecule has 5 heteroatoms. The van der Waals surface area contributed by atoms with Gasteiger partial charge >= 0.3 is 0 Å². The lowest BCUT2D eigenvalue weighted by Crippen LogP contribution is -2.12. The molecule has 0 aliphatic rings. The van der Waals surface area contributed by atoms with Gasteiger partial charge in [-0.2, -0.15) is 0 Å². The van der Waals surface area contributed by atoms with Crippen molar-refractivity contribution in [2.45, 2.75) is 6.92 Å². The van der Waals surface area contributed by atoms with Gasteiger partial charge in [-0.3, -0.25) is 4.79 Å². The monoisotopic (exact) mass is 280 g/mol. The van der Waals surface area contributed by atoms with Crippen LogP contribution >= 0.6 is 23.2 Å². The molecule has 1 aromatic heterocycles. The Bertz CT molecular complexity index is 562. The van der Waals surface area contributed by atoms with Gasteiger partial charge in [-0.15, -0.1) is 0 Å². The van der Waals surface area contributed by atoms with Crippen LogP contribution in [0.15, 0.2) is 36.4 Å². The predicted octanol–water partition coefficient (Wildman–Crippen LogP) is 3.95. The zero-order valence-electron chi connectivity index (χ0n) is 9.58. The van der Waals surface area contributed by atoms with Gasteiger partial charge in [0.1, 0.15) is 10.3 Å². The summed E-state index contributed by atoms with van der Waals surface area (Å²) in [5.41, 5.74) is 2.22. The minimum absolute atomic E-state index is 0.191. The standard InChI is InChI=1S/C13H10Cl2N2O/c1-8-2-4-10(5-3-8)16-13(18)9-6-11(14)17-12(15)7-9/h2-7H,1H3,(H,16,18). The van der Waals surface area contributed by atoms with Crippen molar-refractivity contribution in [3.63, 3.8) is 0 Å². The number of rotatable bonds is 2. The van der Waals surface area contributed by atoms with E-state index in [-0.39, 0.29) is 16.2 Å². The normalized spacial score (nSPS) is 10.2. The molecule has 3 nitrogen and oxygen atoms in total. The number of hydrogen-bond acceptors (Lipinski definition) is 2. The maximum absolute atomic E-state index is 11.9. The third-order valence-electron chi connectivity index (χ3n) is 2.33. The highest BCUT2D eigenvalue weighted by molar-refractivity contribution is 6.33. The summed E-state index contributed by atoms with van der Waals surface area (Å²) in [6, 6.07) is 10.4. The second kappa shape index (κ2) is 5.38. The van der Waals surface area contributed by atoms with Crippen molar-refractivity contribution in [2.24, 2.45) is 0 Å². The van der Waals surface area contributed by atoms with Gasteiger partial charge in [-0.25, -0.2) is 4.98 Å². The number of nitrogens with one attached hydrogen (secondary N) is 1. The van der Waals surface area contributed by atoms with E-state index in [1.165, 1.54) is 12.1 Å². The number of hydrogen-bond donors (Lipinski definition) is 1. The fourth-order valence-electron chi connectivity index (χ4n) is 1.44. The number of aryl methyl sites for hydroxylation is 1. The van der Waals surface area contributed by atoms with Crippen molar-refractivity contribution in [3.05, 3.63) is 57.8 Å². The Morgan fingerprint density at radius 1 is 1.11 bits per heavy atom. The van der Waals surface area contributed by atoms with E-state index in [4.69, 9.17) is 23.2 Å². The fourth-order valence-corrected chi connectivity index (χ4v) is 1.90. The molecule has 0 saturated carbocycles. The first-order valence-electron chi connectivity index (χ1n) is 5.26. The van der Waals surface area contributed by atoms with E-state index in [0.29, 0.717) is 5.56 Å². The van der Waals surface area contributed by atoms with Crippen LogP contribution in [0.25, 0.3) is 0 Å². The smallest absolute Gasteiger partial charge is 0.255 e. The van der Waals surface area contributed by atoms with Crippen molar-refractivity contribution < 1.29 is 4.79 Å². The van der Waals surface area contributed by atoms with Gasteiger partial charge in [-0.1, -0.05) is 40.9 Å². The topological polar surface area (TPSA) is 42.0 Å². The van der Waals surface area contributed by atoms with Crippen molar-refractivity contribution in [1.29, 1.82) is 0 Å². The molecule has 2 aromatic rings. The lowest BCUT2D eigenvalue weighted by molar-refractivity contribution is 0.102. The van der Waals surface area contributed by atoms with E-state index in [0.717, 1.165) is 11.3 Å². The van der Waals surface area contributed by atoms with Gasteiger partial charge < -0.3 is 5.32 Å². The van der Waals surface area contributed by atoms with Crippen LogP contribution in [-0.4, -0.2) is 10.9 Å². The SMILES string of the molecule is Cc1ccc(NC(=O)c2cc(Cl)nc(Cl)c2)cc1. The summed E-state index contributed by atoms with van der Waals surface area (Å²) in [4.78, 5) is 15.7. The number of halogens is 2. The fraction of sp³-hybridized carbons (Fsp3) is 0.0769. The second-order valence-electron chi connectivity index (χ2n) is 3.82. The average Bonchev–Trinajstić information content (AvgIpc) is 2.31. The lowest BCUT2D eigenvalue weighted by Gasteiger charge is -2.06. The minimum atomic E-state index is -0.273. The summed E-state index contributed by atoms with van der Waals surface area (Å²) in [7, 11) is 0. The molecule has 0 unspecified atom stereocenters. The summed E-state index contributed by atoms with van der Waals surface area (Å²) < 4.78 is 0. The summed E-state index contributed by atoms with van der Waals surface area (Å²) in [5, 5.41) is 3.14. The Hall–Kier alpha value is -1.58. The van der Waals surface area contributed by atoms with Crippen LogP contribution in [0.4, 0.5) is 5.69 Å². The first-order valence-corrected chi connectivity index (χ1v) is 6.01. The Balaban J connectivity index is 2.19. The van der Waals surface area contributed by atoms with Crippen molar-refractivity contribution in [2.75, 3.05) is 5.32 Å². The number of amides is 1. The molecule has 0 saturated heterocycles. The van der Waals surface area contributed by atoms with Crippen molar-refractivity contribution in [1.82, 2.24) is 4.98 Å². The average molecular weight is 281 g/mol. The van der Waals surface area contributed by atoms with Gasteiger partial charge in [0.15, 0.2) is 0 Å². The van der Waals surface area contributed by atoms with Crippen molar-refractivity contribution in [3.8, 4) is 0 Å². The quantitative estimate of drug-likeness (QED) is 0.847. The number of nitrogens with zero attached hydrogens (tertiary/aromatic N) is 1. The molecule has 18 heavy (non-hydrogen) atoms. The molecule has 1 amide bonds. The predicted molar refractivity (Wildman–Crippen MR) is 73.4 cm³/mol. The lowest BCUT2D eigenvalue weighted by atomic mass is 10.2. The Kier molecular flexibility index (Phi) is 3.84. The number of carbonyl (C=O) groups excluding carboxylic acids is 1. The minimum Gasteiger partial charge on any atom is -0.322 e. The molecule has 0 aliphatic carbocycles. The number of benzene rings is 1. The number of anilines is 1. The zero-order chi connectivity index (χ0) is 13.1. The molecule has 1 N–H and O–H groups in total. The van der Waals surface area contributed by atoms with Crippen LogP contribution in [-0.2, 0) is 0 Å². The Labute approximate surface area is 115 Å². The molecule has 1 heterocycles. The summed E-state index contributed by atoms with van der Waals surface area (Å²) in [5.74, 6) is -0.273. The van der Waals surface area contributed by atoms with E-state index in [1.54, 1.807) is 0 Å². The molecule has 92 valence electrons. The maximum atomic E-state index is 11.9. The first kappa shape index (κ1) is 12.9. The van der Waals surface area contributed by atoms with Crippen LogP contribution in [0.5, 0.6) is 0 Å². The third kappa shape index (κ3) is 3.22. The van der Waals surface area contributed by atoms with Gasteiger partial charge in [0, 0.05) is 11.3 Å². The van der Waals surface area contributed by atoms with Crippen LogP contribution < -0.4 is 5.32 Å². The van der Waals surface area contributed by atoms with Gasteiger partial charge in [0.2, 0.25) is 0 Å². The first-order chi connectivity index (χ1) is 8.54. The molecule has 0 spiro atoms. The Morgan fingerprint density at radius 3 is 2.22 bits per heavy atom. The number of aromatic nitrogens is 1. The second-order valence-corrected chi connectivity index (χ2v) is 4.60. The molecule has 0 atom stereocenters. The zero-order valence-corrected chi connectivity index (χ0v) is 11.1. The largest absolute Gasteiger partial charge is 0.322 e. The maximum Gasteiger partial charge on any atom is 0.255 e.